The van der Waals surface area contributed by atoms with Gasteiger partial charge in [-0.2, -0.15) is 5.10 Å². The average molecular weight is 286 g/mol. The highest BCUT2D eigenvalue weighted by Crippen LogP contribution is 2.12. The summed E-state index contributed by atoms with van der Waals surface area (Å²) in [6.45, 7) is 3.38. The Morgan fingerprint density at radius 3 is 2.76 bits per heavy atom. The molecule has 0 radical (unpaired) electrons. The molecule has 1 aromatic heterocycles. The first-order valence-electron chi connectivity index (χ1n) is 6.97. The van der Waals surface area contributed by atoms with E-state index in [-0.39, 0.29) is 5.56 Å². The summed E-state index contributed by atoms with van der Waals surface area (Å²) in [6, 6.07) is 9.11. The molecule has 1 saturated heterocycles. The number of anilines is 2. The fraction of sp³-hybridized carbons (Fsp3) is 0.333. The first kappa shape index (κ1) is 13.6. The van der Waals surface area contributed by atoms with Crippen LogP contribution in [0.25, 0.3) is 0 Å². The van der Waals surface area contributed by atoms with Gasteiger partial charge in [0.15, 0.2) is 0 Å². The first-order valence-corrected chi connectivity index (χ1v) is 6.97. The quantitative estimate of drug-likeness (QED) is 0.841. The number of hydrogen-bond donors (Lipinski definition) is 1. The SMILES string of the molecule is Nc1cccc(Cn2ncc(N3CCOCC3)cc2=O)c1. The molecule has 110 valence electrons. The van der Waals surface area contributed by atoms with Crippen LogP contribution in [0.15, 0.2) is 41.3 Å². The van der Waals surface area contributed by atoms with Gasteiger partial charge in [-0.1, -0.05) is 12.1 Å². The fourth-order valence-electron chi connectivity index (χ4n) is 2.40. The zero-order valence-corrected chi connectivity index (χ0v) is 11.7. The van der Waals surface area contributed by atoms with Crippen molar-refractivity contribution in [1.29, 1.82) is 0 Å². The normalized spacial score (nSPS) is 15.1. The summed E-state index contributed by atoms with van der Waals surface area (Å²) in [5, 5.41) is 4.26. The number of morpholine rings is 1. The largest absolute Gasteiger partial charge is 0.399 e. The maximum atomic E-state index is 12.2. The first-order chi connectivity index (χ1) is 10.2. The highest BCUT2D eigenvalue weighted by atomic mass is 16.5. The molecule has 0 bridgehead atoms. The Morgan fingerprint density at radius 2 is 2.05 bits per heavy atom. The van der Waals surface area contributed by atoms with Gasteiger partial charge in [-0.15, -0.1) is 0 Å². The maximum absolute atomic E-state index is 12.2. The van der Waals surface area contributed by atoms with Gasteiger partial charge in [0.25, 0.3) is 5.56 Å². The van der Waals surface area contributed by atoms with Crippen molar-refractivity contribution < 1.29 is 4.74 Å². The summed E-state index contributed by atoms with van der Waals surface area (Å²) in [5.41, 5.74) is 8.14. The monoisotopic (exact) mass is 286 g/mol. The fourth-order valence-corrected chi connectivity index (χ4v) is 2.40. The van der Waals surface area contributed by atoms with E-state index in [1.165, 1.54) is 4.68 Å². The Morgan fingerprint density at radius 1 is 1.24 bits per heavy atom. The summed E-state index contributed by atoms with van der Waals surface area (Å²) in [4.78, 5) is 14.3. The van der Waals surface area contributed by atoms with Crippen molar-refractivity contribution in [3.63, 3.8) is 0 Å². The predicted molar refractivity (Wildman–Crippen MR) is 81.5 cm³/mol. The second-order valence-corrected chi connectivity index (χ2v) is 5.05. The third-order valence-corrected chi connectivity index (χ3v) is 3.51. The molecule has 3 rings (SSSR count). The molecule has 1 aliphatic rings. The number of ether oxygens (including phenoxy) is 1. The van der Waals surface area contributed by atoms with Crippen molar-refractivity contribution >= 4 is 11.4 Å². The van der Waals surface area contributed by atoms with E-state index in [0.29, 0.717) is 25.4 Å². The Labute approximate surface area is 122 Å². The minimum Gasteiger partial charge on any atom is -0.399 e. The van der Waals surface area contributed by atoms with E-state index >= 15 is 0 Å². The zero-order valence-electron chi connectivity index (χ0n) is 11.7. The topological polar surface area (TPSA) is 73.4 Å². The molecule has 2 N–H and O–H groups in total. The van der Waals surface area contributed by atoms with E-state index in [0.717, 1.165) is 24.3 Å². The van der Waals surface area contributed by atoms with E-state index in [1.54, 1.807) is 12.3 Å². The highest BCUT2D eigenvalue weighted by Gasteiger charge is 2.12. The molecular weight excluding hydrogens is 268 g/mol. The average Bonchev–Trinajstić information content (AvgIpc) is 2.50. The molecule has 1 fully saturated rings. The highest BCUT2D eigenvalue weighted by molar-refractivity contribution is 5.43. The van der Waals surface area contributed by atoms with E-state index in [4.69, 9.17) is 10.5 Å². The molecule has 0 atom stereocenters. The van der Waals surface area contributed by atoms with E-state index < -0.39 is 0 Å². The summed E-state index contributed by atoms with van der Waals surface area (Å²) in [6.07, 6.45) is 1.74. The van der Waals surface area contributed by atoms with Crippen LogP contribution in [0.1, 0.15) is 5.56 Å². The molecule has 0 spiro atoms. The minimum absolute atomic E-state index is 0.110. The van der Waals surface area contributed by atoms with Crippen LogP contribution in [0.2, 0.25) is 0 Å². The maximum Gasteiger partial charge on any atom is 0.269 e. The van der Waals surface area contributed by atoms with Gasteiger partial charge in [-0.25, -0.2) is 4.68 Å². The van der Waals surface area contributed by atoms with Crippen molar-refractivity contribution in [2.45, 2.75) is 6.54 Å². The number of nitrogens with zero attached hydrogens (tertiary/aromatic N) is 3. The predicted octanol–water partition coefficient (Wildman–Crippen LogP) is 0.710. The Balaban J connectivity index is 1.79. The molecule has 21 heavy (non-hydrogen) atoms. The van der Waals surface area contributed by atoms with Crippen molar-refractivity contribution in [3.8, 4) is 0 Å². The van der Waals surface area contributed by atoms with Gasteiger partial charge in [0.2, 0.25) is 0 Å². The number of rotatable bonds is 3. The van der Waals surface area contributed by atoms with Crippen molar-refractivity contribution in [3.05, 3.63) is 52.4 Å². The van der Waals surface area contributed by atoms with Crippen LogP contribution in [0, 0.1) is 0 Å². The van der Waals surface area contributed by atoms with Gasteiger partial charge in [0.05, 0.1) is 31.6 Å². The smallest absolute Gasteiger partial charge is 0.269 e. The molecule has 0 amide bonds. The third kappa shape index (κ3) is 3.22. The van der Waals surface area contributed by atoms with Gasteiger partial charge in [0.1, 0.15) is 0 Å². The number of aromatic nitrogens is 2. The van der Waals surface area contributed by atoms with Gasteiger partial charge in [0, 0.05) is 24.8 Å². The third-order valence-electron chi connectivity index (χ3n) is 3.51. The molecule has 2 aromatic rings. The van der Waals surface area contributed by atoms with Crippen LogP contribution in [-0.2, 0) is 11.3 Å². The second kappa shape index (κ2) is 5.97. The van der Waals surface area contributed by atoms with Crippen LogP contribution < -0.4 is 16.2 Å². The second-order valence-electron chi connectivity index (χ2n) is 5.05. The van der Waals surface area contributed by atoms with E-state index in [2.05, 4.69) is 10.00 Å². The molecule has 1 aromatic carbocycles. The van der Waals surface area contributed by atoms with Gasteiger partial charge in [-0.3, -0.25) is 4.79 Å². The summed E-state index contributed by atoms with van der Waals surface area (Å²) in [5.74, 6) is 0. The van der Waals surface area contributed by atoms with E-state index in [1.807, 2.05) is 24.3 Å². The standard InChI is InChI=1S/C15H18N4O2/c16-13-3-1-2-12(8-13)11-19-15(20)9-14(10-17-19)18-4-6-21-7-5-18/h1-3,8-10H,4-7,11,16H2. The van der Waals surface area contributed by atoms with Crippen LogP contribution >= 0.6 is 0 Å². The number of benzene rings is 1. The summed E-state index contributed by atoms with van der Waals surface area (Å²) >= 11 is 0. The van der Waals surface area contributed by atoms with Crippen molar-refractivity contribution in [2.75, 3.05) is 36.9 Å². The zero-order chi connectivity index (χ0) is 14.7. The Hall–Kier alpha value is -2.34. The summed E-state index contributed by atoms with van der Waals surface area (Å²) in [7, 11) is 0. The van der Waals surface area contributed by atoms with Gasteiger partial charge < -0.3 is 15.4 Å². The Kier molecular flexibility index (Phi) is 3.87. The molecule has 1 aliphatic heterocycles. The molecule has 2 heterocycles. The van der Waals surface area contributed by atoms with Crippen LogP contribution in [0.3, 0.4) is 0 Å². The molecule has 6 nitrogen and oxygen atoms in total. The molecule has 0 saturated carbocycles. The van der Waals surface area contributed by atoms with Crippen molar-refractivity contribution in [2.24, 2.45) is 0 Å². The molecule has 6 heteroatoms. The lowest BCUT2D eigenvalue weighted by Crippen LogP contribution is -2.37. The van der Waals surface area contributed by atoms with Crippen LogP contribution in [0.5, 0.6) is 0 Å². The lowest BCUT2D eigenvalue weighted by molar-refractivity contribution is 0.122. The van der Waals surface area contributed by atoms with Gasteiger partial charge in [-0.05, 0) is 17.7 Å². The number of nitrogens with two attached hydrogens (primary N) is 1. The Bertz CT molecular complexity index is 677. The lowest BCUT2D eigenvalue weighted by Gasteiger charge is -2.28. The van der Waals surface area contributed by atoms with Crippen LogP contribution in [-0.4, -0.2) is 36.1 Å². The van der Waals surface area contributed by atoms with Gasteiger partial charge >= 0.3 is 0 Å². The summed E-state index contributed by atoms with van der Waals surface area (Å²) < 4.78 is 6.75. The lowest BCUT2D eigenvalue weighted by atomic mass is 10.2. The molecule has 0 unspecified atom stereocenters. The number of nitrogen functional groups attached to an aromatic ring is 1. The molecule has 0 aliphatic carbocycles. The van der Waals surface area contributed by atoms with Crippen molar-refractivity contribution in [1.82, 2.24) is 9.78 Å². The van der Waals surface area contributed by atoms with Crippen LogP contribution in [0.4, 0.5) is 11.4 Å². The van der Waals surface area contributed by atoms with E-state index in [9.17, 15) is 4.79 Å². The minimum atomic E-state index is -0.110. The number of hydrogen-bond acceptors (Lipinski definition) is 5. The molecular formula is C15H18N4O2.